The van der Waals surface area contributed by atoms with E-state index in [2.05, 4.69) is 0 Å². The van der Waals surface area contributed by atoms with Crippen molar-refractivity contribution in [3.63, 3.8) is 0 Å². The molecule has 4 nitrogen and oxygen atoms in total. The van der Waals surface area contributed by atoms with E-state index in [4.69, 9.17) is 32.2 Å². The Kier molecular flexibility index (Phi) is 1.98. The van der Waals surface area contributed by atoms with Crippen LogP contribution in [0.25, 0.3) is 0 Å². The van der Waals surface area contributed by atoms with E-state index in [0.717, 1.165) is 6.07 Å². The van der Waals surface area contributed by atoms with Crippen molar-refractivity contribution >= 4 is 11.6 Å². The van der Waals surface area contributed by atoms with Crippen LogP contribution < -0.4 is 0 Å². The van der Waals surface area contributed by atoms with Gasteiger partial charge in [-0.25, -0.2) is 0 Å². The third-order valence-corrected chi connectivity index (χ3v) is 1.69. The summed E-state index contributed by atoms with van der Waals surface area (Å²) in [7, 11) is 0. The average molecular weight is 186 g/mol. The van der Waals surface area contributed by atoms with Gasteiger partial charge in [-0.2, -0.15) is 5.26 Å². The van der Waals surface area contributed by atoms with E-state index in [1.54, 1.807) is 6.07 Å². The van der Waals surface area contributed by atoms with Crippen LogP contribution in [-0.2, 0) is 0 Å². The summed E-state index contributed by atoms with van der Waals surface area (Å²) in [6, 6.07) is 2.40. The molecule has 0 aliphatic heterocycles. The first kappa shape index (κ1) is 8.50. The minimum Gasteiger partial charge on any atom is -0.506 e. The summed E-state index contributed by atoms with van der Waals surface area (Å²) in [4.78, 5) is 0. The van der Waals surface area contributed by atoms with Gasteiger partial charge in [-0.1, -0.05) is 11.6 Å². The molecule has 0 radical (unpaired) electrons. The molecule has 12 heavy (non-hydrogen) atoms. The van der Waals surface area contributed by atoms with Gasteiger partial charge in [0.05, 0.1) is 0 Å². The van der Waals surface area contributed by atoms with Crippen molar-refractivity contribution < 1.29 is 15.3 Å². The van der Waals surface area contributed by atoms with Crippen LogP contribution in [0.1, 0.15) is 5.56 Å². The molecule has 0 bridgehead atoms. The number of nitrogens with zero attached hydrogens (tertiary/aromatic N) is 1. The standard InChI is InChI=1S/C7H4ClNO3/c8-6-3(2-9)7(12)5(11)1-4(6)10/h1,10-12H. The second-order valence-corrected chi connectivity index (χ2v) is 2.44. The lowest BCUT2D eigenvalue weighted by atomic mass is 10.2. The molecule has 0 heterocycles. The molecule has 1 aromatic rings. The second-order valence-electron chi connectivity index (χ2n) is 2.06. The highest BCUT2D eigenvalue weighted by atomic mass is 35.5. The Bertz CT molecular complexity index is 344. The van der Waals surface area contributed by atoms with Crippen LogP contribution in [0.2, 0.25) is 5.02 Å². The fourth-order valence-corrected chi connectivity index (χ4v) is 0.910. The molecule has 0 spiro atoms. The van der Waals surface area contributed by atoms with E-state index in [1.165, 1.54) is 0 Å². The lowest BCUT2D eigenvalue weighted by molar-refractivity contribution is 0.395. The number of halogens is 1. The molecule has 3 N–H and O–H groups in total. The highest BCUT2D eigenvalue weighted by Gasteiger charge is 2.14. The summed E-state index contributed by atoms with van der Waals surface area (Å²) in [5.74, 6) is -1.64. The zero-order valence-electron chi connectivity index (χ0n) is 5.74. The quantitative estimate of drug-likeness (QED) is 0.421. The number of aromatic hydroxyl groups is 3. The molecule has 0 fully saturated rings. The zero-order chi connectivity index (χ0) is 9.30. The number of phenols is 3. The van der Waals surface area contributed by atoms with Crippen molar-refractivity contribution in [3.05, 3.63) is 16.7 Å². The summed E-state index contributed by atoms with van der Waals surface area (Å²) in [6.07, 6.45) is 0. The van der Waals surface area contributed by atoms with Gasteiger partial charge in [0.25, 0.3) is 0 Å². The van der Waals surface area contributed by atoms with Crippen LogP contribution in [0.15, 0.2) is 6.07 Å². The first-order valence-corrected chi connectivity index (χ1v) is 3.29. The van der Waals surface area contributed by atoms with Gasteiger partial charge >= 0.3 is 0 Å². The fraction of sp³-hybridized carbons (Fsp3) is 0. The van der Waals surface area contributed by atoms with Crippen molar-refractivity contribution in [1.82, 2.24) is 0 Å². The van der Waals surface area contributed by atoms with E-state index in [-0.39, 0.29) is 10.6 Å². The van der Waals surface area contributed by atoms with Gasteiger partial charge in [-0.3, -0.25) is 0 Å². The van der Waals surface area contributed by atoms with Crippen molar-refractivity contribution in [1.29, 1.82) is 5.26 Å². The molecule has 0 atom stereocenters. The molecule has 0 aliphatic rings. The minimum atomic E-state index is -0.625. The molecule has 1 aromatic carbocycles. The van der Waals surface area contributed by atoms with Crippen molar-refractivity contribution in [2.45, 2.75) is 0 Å². The van der Waals surface area contributed by atoms with Crippen LogP contribution in [0.3, 0.4) is 0 Å². The van der Waals surface area contributed by atoms with Gasteiger partial charge in [-0.05, 0) is 0 Å². The Morgan fingerprint density at radius 1 is 1.25 bits per heavy atom. The number of phenolic OH excluding ortho intramolecular Hbond substituents is 3. The van der Waals surface area contributed by atoms with Gasteiger partial charge in [0.2, 0.25) is 0 Å². The zero-order valence-corrected chi connectivity index (χ0v) is 6.50. The Morgan fingerprint density at radius 3 is 2.33 bits per heavy atom. The first-order valence-electron chi connectivity index (χ1n) is 2.91. The normalized spacial score (nSPS) is 9.33. The van der Waals surface area contributed by atoms with Crippen LogP contribution in [0.5, 0.6) is 17.2 Å². The van der Waals surface area contributed by atoms with Gasteiger partial charge in [0.15, 0.2) is 11.5 Å². The molecule has 62 valence electrons. The van der Waals surface area contributed by atoms with Crippen molar-refractivity contribution in [3.8, 4) is 23.3 Å². The second kappa shape index (κ2) is 2.80. The van der Waals surface area contributed by atoms with Crippen LogP contribution in [-0.4, -0.2) is 15.3 Å². The summed E-state index contributed by atoms with van der Waals surface area (Å²) in [5, 5.41) is 35.1. The predicted molar refractivity (Wildman–Crippen MR) is 41.2 cm³/mol. The van der Waals surface area contributed by atoms with Gasteiger partial charge in [-0.15, -0.1) is 0 Å². The van der Waals surface area contributed by atoms with E-state index >= 15 is 0 Å². The summed E-state index contributed by atoms with van der Waals surface area (Å²) in [5.41, 5.74) is -0.339. The molecule has 0 unspecified atom stereocenters. The van der Waals surface area contributed by atoms with Gasteiger partial charge in [0.1, 0.15) is 22.4 Å². The molecule has 5 heteroatoms. The Hall–Kier alpha value is -1.60. The number of hydrogen-bond acceptors (Lipinski definition) is 4. The fourth-order valence-electron chi connectivity index (χ4n) is 0.723. The molecule has 0 amide bonds. The summed E-state index contributed by atoms with van der Waals surface area (Å²) < 4.78 is 0. The molecule has 0 aromatic heterocycles. The topological polar surface area (TPSA) is 84.5 Å². The largest absolute Gasteiger partial charge is 0.506 e. The SMILES string of the molecule is N#Cc1c(O)c(O)cc(O)c1Cl. The van der Waals surface area contributed by atoms with Crippen molar-refractivity contribution in [2.24, 2.45) is 0 Å². The number of benzene rings is 1. The number of rotatable bonds is 0. The highest BCUT2D eigenvalue weighted by Crippen LogP contribution is 2.39. The highest BCUT2D eigenvalue weighted by molar-refractivity contribution is 6.33. The number of hydrogen-bond donors (Lipinski definition) is 3. The van der Waals surface area contributed by atoms with E-state index in [9.17, 15) is 0 Å². The van der Waals surface area contributed by atoms with Gasteiger partial charge < -0.3 is 15.3 Å². The molecule has 0 aliphatic carbocycles. The maximum Gasteiger partial charge on any atom is 0.177 e. The van der Waals surface area contributed by atoms with E-state index in [1.807, 2.05) is 0 Å². The molecular weight excluding hydrogens is 182 g/mol. The lowest BCUT2D eigenvalue weighted by Crippen LogP contribution is -1.80. The summed E-state index contributed by atoms with van der Waals surface area (Å²) in [6.45, 7) is 0. The maximum absolute atomic E-state index is 9.03. The number of nitriles is 1. The first-order chi connectivity index (χ1) is 5.57. The van der Waals surface area contributed by atoms with Gasteiger partial charge in [0, 0.05) is 6.07 Å². The Labute approximate surface area is 72.9 Å². The molecule has 1 rings (SSSR count). The Balaban J connectivity index is 3.56. The third kappa shape index (κ3) is 1.11. The molecule has 0 saturated carbocycles. The minimum absolute atomic E-state index is 0.271. The summed E-state index contributed by atoms with van der Waals surface area (Å²) >= 11 is 5.43. The predicted octanol–water partition coefficient (Wildman–Crippen LogP) is 1.33. The van der Waals surface area contributed by atoms with E-state index in [0.29, 0.717) is 0 Å². The average Bonchev–Trinajstić information content (AvgIpc) is 2.02. The third-order valence-electron chi connectivity index (χ3n) is 1.31. The van der Waals surface area contributed by atoms with Crippen LogP contribution in [0.4, 0.5) is 0 Å². The smallest absolute Gasteiger partial charge is 0.177 e. The lowest BCUT2D eigenvalue weighted by Gasteiger charge is -2.03. The molecular formula is C7H4ClNO3. The van der Waals surface area contributed by atoms with Crippen LogP contribution >= 0.6 is 11.6 Å². The maximum atomic E-state index is 9.03. The van der Waals surface area contributed by atoms with E-state index < -0.39 is 17.2 Å². The van der Waals surface area contributed by atoms with Crippen LogP contribution in [0, 0.1) is 11.3 Å². The monoisotopic (exact) mass is 185 g/mol. The Morgan fingerprint density at radius 2 is 1.83 bits per heavy atom. The molecule has 0 saturated heterocycles. The van der Waals surface area contributed by atoms with Crippen molar-refractivity contribution in [2.75, 3.05) is 0 Å².